The number of hydrogen-bond acceptors (Lipinski definition) is 1. The Morgan fingerprint density at radius 3 is 2.61 bits per heavy atom. The minimum atomic E-state index is 0.883. The molecule has 0 saturated carbocycles. The van der Waals surface area contributed by atoms with Crippen LogP contribution in [0.15, 0.2) is 48.5 Å². The Bertz CT molecular complexity index is 652. The first kappa shape index (κ1) is 10.9. The zero-order valence-corrected chi connectivity index (χ0v) is 10.2. The van der Waals surface area contributed by atoms with E-state index in [-0.39, 0.29) is 0 Å². The summed E-state index contributed by atoms with van der Waals surface area (Å²) >= 11 is 0. The van der Waals surface area contributed by atoms with Crippen molar-refractivity contribution in [3.05, 3.63) is 65.9 Å². The van der Waals surface area contributed by atoms with Gasteiger partial charge in [0.25, 0.3) is 0 Å². The summed E-state index contributed by atoms with van der Waals surface area (Å²) in [5, 5.41) is 1.24. The molecule has 0 spiro atoms. The van der Waals surface area contributed by atoms with Crippen molar-refractivity contribution in [3.8, 4) is 5.75 Å². The number of para-hydroxylation sites is 1. The van der Waals surface area contributed by atoms with Crippen LogP contribution < -0.4 is 4.74 Å². The molecule has 3 rings (SSSR count). The van der Waals surface area contributed by atoms with Crippen LogP contribution >= 0.6 is 0 Å². The topological polar surface area (TPSA) is 25.0 Å². The van der Waals surface area contributed by atoms with Crippen molar-refractivity contribution in [1.29, 1.82) is 0 Å². The van der Waals surface area contributed by atoms with Crippen LogP contribution in [0.4, 0.5) is 0 Å². The van der Waals surface area contributed by atoms with E-state index >= 15 is 0 Å². The predicted molar refractivity (Wildman–Crippen MR) is 72.9 cm³/mol. The molecule has 0 unspecified atom stereocenters. The van der Waals surface area contributed by atoms with Gasteiger partial charge >= 0.3 is 0 Å². The third kappa shape index (κ3) is 1.97. The Balaban J connectivity index is 1.91. The molecular formula is C16H14NO. The van der Waals surface area contributed by atoms with Gasteiger partial charge < -0.3 is 9.72 Å². The van der Waals surface area contributed by atoms with Crippen LogP contribution in [0.2, 0.25) is 0 Å². The lowest BCUT2D eigenvalue weighted by atomic mass is 10.0. The van der Waals surface area contributed by atoms with Crippen molar-refractivity contribution < 1.29 is 4.74 Å². The van der Waals surface area contributed by atoms with Gasteiger partial charge in [0.2, 0.25) is 0 Å². The quantitative estimate of drug-likeness (QED) is 0.739. The van der Waals surface area contributed by atoms with Crippen LogP contribution in [0, 0.1) is 6.20 Å². The normalized spacial score (nSPS) is 10.7. The van der Waals surface area contributed by atoms with E-state index in [9.17, 15) is 0 Å². The molecule has 2 nitrogen and oxygen atoms in total. The van der Waals surface area contributed by atoms with Gasteiger partial charge in [-0.25, -0.2) is 0 Å². The van der Waals surface area contributed by atoms with E-state index in [2.05, 4.69) is 41.5 Å². The molecule has 0 aliphatic rings. The average Bonchev–Trinajstić information content (AvgIpc) is 2.83. The number of rotatable bonds is 3. The number of fused-ring (bicyclic) bond motifs is 1. The number of methoxy groups -OCH3 is 1. The number of nitrogens with one attached hydrogen (secondary N) is 1. The zero-order valence-electron chi connectivity index (χ0n) is 10.2. The second-order valence-electron chi connectivity index (χ2n) is 4.30. The Morgan fingerprint density at radius 1 is 1.06 bits per heavy atom. The number of H-pyrrole nitrogens is 1. The van der Waals surface area contributed by atoms with Gasteiger partial charge in [-0.2, -0.15) is 0 Å². The minimum absolute atomic E-state index is 0.883. The summed E-state index contributed by atoms with van der Waals surface area (Å²) in [6.45, 7) is 0. The first-order valence-corrected chi connectivity index (χ1v) is 5.97. The SMILES string of the molecule is COc1ccc(Cc2[c][nH]c3ccccc23)cc1. The van der Waals surface area contributed by atoms with Crippen molar-refractivity contribution in [2.45, 2.75) is 6.42 Å². The fourth-order valence-electron chi connectivity index (χ4n) is 2.15. The van der Waals surface area contributed by atoms with Crippen LogP contribution in [0.1, 0.15) is 11.1 Å². The molecule has 18 heavy (non-hydrogen) atoms. The van der Waals surface area contributed by atoms with E-state index in [0.717, 1.165) is 17.7 Å². The van der Waals surface area contributed by atoms with Gasteiger partial charge in [-0.1, -0.05) is 30.3 Å². The molecule has 0 aliphatic carbocycles. The Hall–Kier alpha value is -2.22. The lowest BCUT2D eigenvalue weighted by Crippen LogP contribution is -1.88. The molecule has 2 aromatic carbocycles. The summed E-state index contributed by atoms with van der Waals surface area (Å²) < 4.78 is 5.16. The van der Waals surface area contributed by atoms with Crippen molar-refractivity contribution in [2.24, 2.45) is 0 Å². The van der Waals surface area contributed by atoms with Crippen LogP contribution in [-0.4, -0.2) is 12.1 Å². The number of aromatic nitrogens is 1. The lowest BCUT2D eigenvalue weighted by molar-refractivity contribution is 0.414. The first-order valence-electron chi connectivity index (χ1n) is 5.97. The van der Waals surface area contributed by atoms with E-state index in [4.69, 9.17) is 4.74 Å². The maximum atomic E-state index is 5.16. The van der Waals surface area contributed by atoms with Gasteiger partial charge in [0, 0.05) is 17.3 Å². The van der Waals surface area contributed by atoms with Crippen LogP contribution in [-0.2, 0) is 6.42 Å². The standard InChI is InChI=1S/C16H14NO/c1-18-14-8-6-12(7-9-14)10-13-11-17-16-5-3-2-4-15(13)16/h2-9,17H,10H2,1H3. The maximum absolute atomic E-state index is 5.16. The molecule has 2 heteroatoms. The zero-order chi connectivity index (χ0) is 12.4. The van der Waals surface area contributed by atoms with E-state index in [1.807, 2.05) is 18.2 Å². The van der Waals surface area contributed by atoms with E-state index < -0.39 is 0 Å². The van der Waals surface area contributed by atoms with Gasteiger partial charge in [-0.3, -0.25) is 0 Å². The molecule has 3 aromatic rings. The number of aromatic amines is 1. The molecular weight excluding hydrogens is 222 g/mol. The van der Waals surface area contributed by atoms with E-state index in [1.165, 1.54) is 16.5 Å². The van der Waals surface area contributed by atoms with Crippen molar-refractivity contribution >= 4 is 10.9 Å². The van der Waals surface area contributed by atoms with E-state index in [0.29, 0.717) is 0 Å². The molecule has 1 radical (unpaired) electrons. The summed E-state index contributed by atoms with van der Waals surface area (Å²) in [7, 11) is 1.68. The first-order chi connectivity index (χ1) is 8.86. The number of benzene rings is 2. The van der Waals surface area contributed by atoms with Gasteiger partial charge in [0.1, 0.15) is 5.75 Å². The molecule has 1 N–H and O–H groups in total. The summed E-state index contributed by atoms with van der Waals surface area (Å²) in [6.07, 6.45) is 4.12. The number of hydrogen-bond donors (Lipinski definition) is 1. The summed E-state index contributed by atoms with van der Waals surface area (Å²) in [4.78, 5) is 3.18. The fraction of sp³-hybridized carbons (Fsp3) is 0.125. The van der Waals surface area contributed by atoms with Gasteiger partial charge in [-0.05, 0) is 29.3 Å². The van der Waals surface area contributed by atoms with Crippen molar-refractivity contribution in [1.82, 2.24) is 4.98 Å². The number of ether oxygens (including phenoxy) is 1. The lowest BCUT2D eigenvalue weighted by Gasteiger charge is -2.02. The third-order valence-corrected chi connectivity index (χ3v) is 3.14. The molecule has 0 bridgehead atoms. The molecule has 89 valence electrons. The molecule has 0 atom stereocenters. The molecule has 1 aromatic heterocycles. The molecule has 0 amide bonds. The highest BCUT2D eigenvalue weighted by Crippen LogP contribution is 2.21. The van der Waals surface area contributed by atoms with Gasteiger partial charge in [0.15, 0.2) is 0 Å². The summed E-state index contributed by atoms with van der Waals surface area (Å²) in [5.74, 6) is 0.890. The Labute approximate surface area is 106 Å². The predicted octanol–water partition coefficient (Wildman–Crippen LogP) is 3.57. The summed E-state index contributed by atoms with van der Waals surface area (Å²) in [5.41, 5.74) is 3.61. The average molecular weight is 236 g/mol. The smallest absolute Gasteiger partial charge is 0.118 e. The van der Waals surface area contributed by atoms with Gasteiger partial charge in [0.05, 0.1) is 13.3 Å². The highest BCUT2D eigenvalue weighted by molar-refractivity contribution is 5.83. The second-order valence-corrected chi connectivity index (χ2v) is 4.30. The monoisotopic (exact) mass is 236 g/mol. The van der Waals surface area contributed by atoms with Crippen LogP contribution in [0.25, 0.3) is 10.9 Å². The minimum Gasteiger partial charge on any atom is -0.497 e. The highest BCUT2D eigenvalue weighted by Gasteiger charge is 2.04. The second kappa shape index (κ2) is 4.57. The molecule has 0 aliphatic heterocycles. The fourth-order valence-corrected chi connectivity index (χ4v) is 2.15. The maximum Gasteiger partial charge on any atom is 0.118 e. The molecule has 0 saturated heterocycles. The third-order valence-electron chi connectivity index (χ3n) is 3.14. The molecule has 0 fully saturated rings. The van der Waals surface area contributed by atoms with Crippen molar-refractivity contribution in [3.63, 3.8) is 0 Å². The van der Waals surface area contributed by atoms with Crippen LogP contribution in [0.3, 0.4) is 0 Å². The Morgan fingerprint density at radius 2 is 1.83 bits per heavy atom. The summed E-state index contributed by atoms with van der Waals surface area (Å²) in [6, 6.07) is 16.5. The van der Waals surface area contributed by atoms with E-state index in [1.54, 1.807) is 7.11 Å². The van der Waals surface area contributed by atoms with Crippen LogP contribution in [0.5, 0.6) is 5.75 Å². The largest absolute Gasteiger partial charge is 0.497 e. The van der Waals surface area contributed by atoms with Gasteiger partial charge in [-0.15, -0.1) is 0 Å². The Kier molecular flexibility index (Phi) is 2.77. The highest BCUT2D eigenvalue weighted by atomic mass is 16.5. The van der Waals surface area contributed by atoms with Crippen molar-refractivity contribution in [2.75, 3.05) is 7.11 Å². The molecule has 1 heterocycles.